The van der Waals surface area contributed by atoms with Gasteiger partial charge < -0.3 is 5.73 Å². The standard InChI is InChI=1S/C16H21N5/c1-12-5-7-13(8-6-12)10-20-21(16(2,3)4)15-9-14(17)18-11-19-15/h5-11H,1-4H3,(H2,17,18,19)/b20-10+. The normalized spacial score (nSPS) is 11.8. The molecule has 0 aliphatic carbocycles. The first-order chi connectivity index (χ1) is 9.86. The summed E-state index contributed by atoms with van der Waals surface area (Å²) in [5.74, 6) is 1.11. The minimum atomic E-state index is -0.220. The molecule has 5 heteroatoms. The van der Waals surface area contributed by atoms with Crippen LogP contribution in [0.15, 0.2) is 41.8 Å². The van der Waals surface area contributed by atoms with Gasteiger partial charge in [0.25, 0.3) is 0 Å². The Morgan fingerprint density at radius 1 is 1.14 bits per heavy atom. The number of hydrogen-bond acceptors (Lipinski definition) is 5. The van der Waals surface area contributed by atoms with E-state index in [9.17, 15) is 0 Å². The van der Waals surface area contributed by atoms with Gasteiger partial charge in [-0.2, -0.15) is 5.10 Å². The third kappa shape index (κ3) is 4.02. The van der Waals surface area contributed by atoms with Crippen molar-refractivity contribution in [2.75, 3.05) is 10.7 Å². The van der Waals surface area contributed by atoms with Gasteiger partial charge in [0.2, 0.25) is 0 Å². The molecular weight excluding hydrogens is 262 g/mol. The summed E-state index contributed by atoms with van der Waals surface area (Å²) in [5.41, 5.74) is 7.78. The Bertz CT molecular complexity index is 626. The van der Waals surface area contributed by atoms with Crippen molar-refractivity contribution in [2.24, 2.45) is 5.10 Å². The molecule has 0 aliphatic heterocycles. The number of rotatable bonds is 3. The van der Waals surface area contributed by atoms with E-state index in [2.05, 4.69) is 54.9 Å². The maximum absolute atomic E-state index is 5.73. The van der Waals surface area contributed by atoms with Crippen LogP contribution >= 0.6 is 0 Å². The van der Waals surface area contributed by atoms with Crippen molar-refractivity contribution >= 4 is 17.9 Å². The van der Waals surface area contributed by atoms with Crippen LogP contribution in [0.1, 0.15) is 31.9 Å². The highest BCUT2D eigenvalue weighted by molar-refractivity contribution is 5.80. The monoisotopic (exact) mass is 283 g/mol. The highest BCUT2D eigenvalue weighted by Crippen LogP contribution is 2.22. The van der Waals surface area contributed by atoms with Gasteiger partial charge in [-0.1, -0.05) is 29.8 Å². The Kier molecular flexibility index (Phi) is 4.21. The highest BCUT2D eigenvalue weighted by atomic mass is 15.5. The number of nitrogen functional groups attached to an aromatic ring is 1. The van der Waals surface area contributed by atoms with Crippen LogP contribution < -0.4 is 10.7 Å². The molecule has 0 spiro atoms. The van der Waals surface area contributed by atoms with Crippen molar-refractivity contribution in [2.45, 2.75) is 33.2 Å². The van der Waals surface area contributed by atoms with Crippen molar-refractivity contribution in [1.29, 1.82) is 0 Å². The summed E-state index contributed by atoms with van der Waals surface area (Å²) in [7, 11) is 0. The molecule has 0 aliphatic rings. The Hall–Kier alpha value is -2.43. The molecule has 5 nitrogen and oxygen atoms in total. The Labute approximate surface area is 125 Å². The Morgan fingerprint density at radius 3 is 2.38 bits per heavy atom. The summed E-state index contributed by atoms with van der Waals surface area (Å²) in [6, 6.07) is 9.91. The van der Waals surface area contributed by atoms with E-state index in [0.29, 0.717) is 11.6 Å². The first-order valence-corrected chi connectivity index (χ1v) is 6.85. The maximum Gasteiger partial charge on any atom is 0.154 e. The number of hydrazone groups is 1. The Morgan fingerprint density at radius 2 is 1.81 bits per heavy atom. The van der Waals surface area contributed by atoms with Gasteiger partial charge in [-0.15, -0.1) is 0 Å². The van der Waals surface area contributed by atoms with E-state index in [1.54, 1.807) is 6.07 Å². The predicted octanol–water partition coefficient (Wildman–Crippen LogP) is 3.01. The van der Waals surface area contributed by atoms with E-state index >= 15 is 0 Å². The molecule has 0 saturated heterocycles. The second kappa shape index (κ2) is 5.91. The van der Waals surface area contributed by atoms with Crippen molar-refractivity contribution < 1.29 is 0 Å². The zero-order chi connectivity index (χ0) is 15.5. The van der Waals surface area contributed by atoms with Crippen molar-refractivity contribution in [1.82, 2.24) is 9.97 Å². The van der Waals surface area contributed by atoms with Gasteiger partial charge in [-0.3, -0.25) is 0 Å². The van der Waals surface area contributed by atoms with Crippen LogP contribution in [-0.4, -0.2) is 21.7 Å². The number of nitrogens with zero attached hydrogens (tertiary/aromatic N) is 4. The van der Waals surface area contributed by atoms with E-state index in [4.69, 9.17) is 5.73 Å². The van der Waals surface area contributed by atoms with Crippen molar-refractivity contribution in [3.05, 3.63) is 47.8 Å². The molecule has 0 unspecified atom stereocenters. The molecule has 0 radical (unpaired) electrons. The molecule has 2 N–H and O–H groups in total. The fraction of sp³-hybridized carbons (Fsp3) is 0.312. The van der Waals surface area contributed by atoms with Crippen LogP contribution in [0.3, 0.4) is 0 Å². The minimum absolute atomic E-state index is 0.220. The zero-order valence-corrected chi connectivity index (χ0v) is 12.9. The topological polar surface area (TPSA) is 67.4 Å². The smallest absolute Gasteiger partial charge is 0.154 e. The fourth-order valence-corrected chi connectivity index (χ4v) is 1.83. The van der Waals surface area contributed by atoms with Crippen molar-refractivity contribution in [3.63, 3.8) is 0 Å². The molecule has 1 aromatic heterocycles. The number of nitrogens with two attached hydrogens (primary N) is 1. The molecule has 0 amide bonds. The van der Waals surface area contributed by atoms with Crippen LogP contribution in [-0.2, 0) is 0 Å². The summed E-state index contributed by atoms with van der Waals surface area (Å²) < 4.78 is 0. The molecule has 21 heavy (non-hydrogen) atoms. The fourth-order valence-electron chi connectivity index (χ4n) is 1.83. The van der Waals surface area contributed by atoms with E-state index in [0.717, 1.165) is 5.56 Å². The lowest BCUT2D eigenvalue weighted by Crippen LogP contribution is -2.38. The second-order valence-electron chi connectivity index (χ2n) is 5.94. The number of aromatic nitrogens is 2. The Balaban J connectivity index is 2.31. The average molecular weight is 283 g/mol. The van der Waals surface area contributed by atoms with Crippen LogP contribution in [0.2, 0.25) is 0 Å². The quantitative estimate of drug-likeness (QED) is 0.694. The van der Waals surface area contributed by atoms with Gasteiger partial charge in [0.15, 0.2) is 5.82 Å². The van der Waals surface area contributed by atoms with E-state index in [1.807, 2.05) is 23.4 Å². The number of benzene rings is 1. The minimum Gasteiger partial charge on any atom is -0.384 e. The molecule has 0 bridgehead atoms. The van der Waals surface area contributed by atoms with Crippen LogP contribution in [0.5, 0.6) is 0 Å². The molecule has 110 valence electrons. The van der Waals surface area contributed by atoms with E-state index < -0.39 is 0 Å². The van der Waals surface area contributed by atoms with Crippen LogP contribution in [0.4, 0.5) is 11.6 Å². The molecule has 2 aromatic rings. The van der Waals surface area contributed by atoms with E-state index in [1.165, 1.54) is 11.9 Å². The number of aryl methyl sites for hydroxylation is 1. The zero-order valence-electron chi connectivity index (χ0n) is 12.9. The lowest BCUT2D eigenvalue weighted by molar-refractivity contribution is 0.511. The molecule has 1 heterocycles. The molecular formula is C16H21N5. The summed E-state index contributed by atoms with van der Waals surface area (Å²) in [6.07, 6.45) is 3.27. The predicted molar refractivity (Wildman–Crippen MR) is 87.4 cm³/mol. The van der Waals surface area contributed by atoms with Gasteiger partial charge in [-0.25, -0.2) is 15.0 Å². The van der Waals surface area contributed by atoms with Crippen LogP contribution in [0.25, 0.3) is 0 Å². The average Bonchev–Trinajstić information content (AvgIpc) is 2.40. The first-order valence-electron chi connectivity index (χ1n) is 6.85. The van der Waals surface area contributed by atoms with Crippen molar-refractivity contribution in [3.8, 4) is 0 Å². The van der Waals surface area contributed by atoms with Gasteiger partial charge in [-0.05, 0) is 33.3 Å². The number of hydrogen-bond donors (Lipinski definition) is 1. The highest BCUT2D eigenvalue weighted by Gasteiger charge is 2.22. The summed E-state index contributed by atoms with van der Waals surface area (Å²) in [4.78, 5) is 8.17. The van der Waals surface area contributed by atoms with Gasteiger partial charge in [0.05, 0.1) is 11.8 Å². The molecule has 0 saturated carbocycles. The summed E-state index contributed by atoms with van der Waals surface area (Å²) in [5, 5.41) is 6.41. The number of anilines is 2. The molecule has 1 aromatic carbocycles. The molecule has 0 atom stereocenters. The largest absolute Gasteiger partial charge is 0.384 e. The molecule has 2 rings (SSSR count). The third-order valence-electron chi connectivity index (χ3n) is 2.93. The SMILES string of the molecule is Cc1ccc(/C=N/N(c2cc(N)ncn2)C(C)(C)C)cc1. The lowest BCUT2D eigenvalue weighted by Gasteiger charge is -2.31. The van der Waals surface area contributed by atoms with Gasteiger partial charge in [0, 0.05) is 6.07 Å². The first kappa shape index (κ1) is 15.0. The molecule has 0 fully saturated rings. The van der Waals surface area contributed by atoms with E-state index in [-0.39, 0.29) is 5.54 Å². The second-order valence-corrected chi connectivity index (χ2v) is 5.94. The third-order valence-corrected chi connectivity index (χ3v) is 2.93. The maximum atomic E-state index is 5.73. The summed E-state index contributed by atoms with van der Waals surface area (Å²) >= 11 is 0. The van der Waals surface area contributed by atoms with Gasteiger partial charge >= 0.3 is 0 Å². The van der Waals surface area contributed by atoms with Crippen LogP contribution in [0, 0.1) is 6.92 Å². The van der Waals surface area contributed by atoms with Gasteiger partial charge in [0.1, 0.15) is 12.1 Å². The summed E-state index contributed by atoms with van der Waals surface area (Å²) in [6.45, 7) is 8.26. The lowest BCUT2D eigenvalue weighted by atomic mass is 10.1.